The minimum Gasteiger partial charge on any atom is -0.332 e. The second kappa shape index (κ2) is 7.50. The number of rotatable bonds is 5. The molecule has 1 atom stereocenters. The van der Waals surface area contributed by atoms with Crippen LogP contribution in [0.15, 0.2) is 54.6 Å². The molecule has 2 aromatic carbocycles. The molecule has 0 spiro atoms. The van der Waals surface area contributed by atoms with Gasteiger partial charge < -0.3 is 4.90 Å². The lowest BCUT2D eigenvalue weighted by Gasteiger charge is -2.25. The van der Waals surface area contributed by atoms with E-state index in [9.17, 15) is 18.0 Å². The standard InChI is InChI=1S/C20H21F3N2O/c1-24(18-11-12-25(19(18)26)14-20(21,22)23)13-16-9-5-6-10-17(16)15-7-3-2-4-8-15/h2-10,18H,11-14H2,1H3. The van der Waals surface area contributed by atoms with Crippen molar-refractivity contribution in [2.75, 3.05) is 20.1 Å². The average Bonchev–Trinajstić information content (AvgIpc) is 2.95. The number of hydrogen-bond donors (Lipinski definition) is 0. The summed E-state index contributed by atoms with van der Waals surface area (Å²) in [5.41, 5.74) is 3.19. The topological polar surface area (TPSA) is 23.6 Å². The number of carbonyl (C=O) groups is 1. The number of likely N-dealkylation sites (tertiary alicyclic amines) is 1. The summed E-state index contributed by atoms with van der Waals surface area (Å²) in [5.74, 6) is -0.443. The van der Waals surface area contributed by atoms with Crippen molar-refractivity contribution in [3.8, 4) is 11.1 Å². The van der Waals surface area contributed by atoms with Gasteiger partial charge in [0.2, 0.25) is 5.91 Å². The molecule has 1 amide bonds. The first kappa shape index (κ1) is 18.5. The lowest BCUT2D eigenvalue weighted by Crippen LogP contribution is -2.42. The molecule has 1 unspecified atom stereocenters. The minimum absolute atomic E-state index is 0.147. The summed E-state index contributed by atoms with van der Waals surface area (Å²) in [5, 5.41) is 0. The first-order chi connectivity index (χ1) is 12.3. The van der Waals surface area contributed by atoms with Gasteiger partial charge in [0.15, 0.2) is 0 Å². The van der Waals surface area contributed by atoms with Gasteiger partial charge in [-0.2, -0.15) is 13.2 Å². The van der Waals surface area contributed by atoms with Crippen molar-refractivity contribution in [3.05, 3.63) is 60.2 Å². The van der Waals surface area contributed by atoms with Gasteiger partial charge in [0, 0.05) is 13.1 Å². The third kappa shape index (κ3) is 4.25. The number of halogens is 3. The van der Waals surface area contributed by atoms with Gasteiger partial charge in [-0.3, -0.25) is 9.69 Å². The van der Waals surface area contributed by atoms with Crippen LogP contribution >= 0.6 is 0 Å². The summed E-state index contributed by atoms with van der Waals surface area (Å²) < 4.78 is 37.8. The zero-order chi connectivity index (χ0) is 18.7. The predicted octanol–water partition coefficient (Wildman–Crippen LogP) is 3.95. The third-order valence-electron chi connectivity index (χ3n) is 4.69. The van der Waals surface area contributed by atoms with Crippen LogP contribution in [0.1, 0.15) is 12.0 Å². The Bertz CT molecular complexity index is 761. The Morgan fingerprint density at radius 3 is 2.42 bits per heavy atom. The summed E-state index contributed by atoms with van der Waals surface area (Å²) in [4.78, 5) is 15.1. The van der Waals surface area contributed by atoms with Crippen LogP contribution in [0, 0.1) is 0 Å². The van der Waals surface area contributed by atoms with Crippen LogP contribution in [-0.4, -0.2) is 48.1 Å². The second-order valence-electron chi connectivity index (χ2n) is 6.62. The number of amides is 1. The van der Waals surface area contributed by atoms with Crippen molar-refractivity contribution >= 4 is 5.91 Å². The van der Waals surface area contributed by atoms with E-state index in [-0.39, 0.29) is 6.54 Å². The molecular weight excluding hydrogens is 341 g/mol. The molecule has 0 radical (unpaired) electrons. The van der Waals surface area contributed by atoms with Gasteiger partial charge in [0.05, 0.1) is 6.04 Å². The van der Waals surface area contributed by atoms with Gasteiger partial charge in [-0.15, -0.1) is 0 Å². The molecule has 1 fully saturated rings. The summed E-state index contributed by atoms with van der Waals surface area (Å²) in [6.07, 6.45) is -3.94. The van der Waals surface area contributed by atoms with Gasteiger partial charge in [-0.05, 0) is 30.2 Å². The fourth-order valence-corrected chi connectivity index (χ4v) is 3.44. The average molecular weight is 362 g/mol. The van der Waals surface area contributed by atoms with Crippen molar-refractivity contribution in [1.82, 2.24) is 9.80 Å². The lowest BCUT2D eigenvalue weighted by atomic mass is 9.99. The summed E-state index contributed by atoms with van der Waals surface area (Å²) >= 11 is 0. The van der Waals surface area contributed by atoms with E-state index in [1.165, 1.54) is 0 Å². The number of likely N-dealkylation sites (N-methyl/N-ethyl adjacent to an activating group) is 1. The number of hydrogen-bond acceptors (Lipinski definition) is 2. The molecule has 1 aliphatic rings. The molecule has 138 valence electrons. The van der Waals surface area contributed by atoms with Crippen LogP contribution in [0.5, 0.6) is 0 Å². The Labute approximate surface area is 151 Å². The summed E-state index contributed by atoms with van der Waals surface area (Å²) in [6.45, 7) is -0.522. The maximum Gasteiger partial charge on any atom is 0.406 e. The number of carbonyl (C=O) groups excluding carboxylic acids is 1. The van der Waals surface area contributed by atoms with Crippen molar-refractivity contribution in [2.45, 2.75) is 25.2 Å². The fraction of sp³-hybridized carbons (Fsp3) is 0.350. The minimum atomic E-state index is -4.36. The number of benzene rings is 2. The van der Waals surface area contributed by atoms with Crippen molar-refractivity contribution in [1.29, 1.82) is 0 Å². The first-order valence-corrected chi connectivity index (χ1v) is 8.54. The van der Waals surface area contributed by atoms with E-state index in [2.05, 4.69) is 0 Å². The Balaban J connectivity index is 1.73. The van der Waals surface area contributed by atoms with Gasteiger partial charge >= 0.3 is 6.18 Å². The molecule has 0 bridgehead atoms. The zero-order valence-corrected chi connectivity index (χ0v) is 14.5. The third-order valence-corrected chi connectivity index (χ3v) is 4.69. The fourth-order valence-electron chi connectivity index (χ4n) is 3.44. The van der Waals surface area contributed by atoms with Crippen LogP contribution in [0.4, 0.5) is 13.2 Å². The van der Waals surface area contributed by atoms with Crippen LogP contribution in [0.2, 0.25) is 0 Å². The van der Waals surface area contributed by atoms with E-state index >= 15 is 0 Å². The molecule has 3 nitrogen and oxygen atoms in total. The summed E-state index contributed by atoms with van der Waals surface area (Å²) in [6, 6.07) is 17.3. The van der Waals surface area contributed by atoms with Crippen molar-refractivity contribution in [2.24, 2.45) is 0 Å². The molecule has 0 saturated carbocycles. The largest absolute Gasteiger partial charge is 0.406 e. The first-order valence-electron chi connectivity index (χ1n) is 8.54. The molecule has 26 heavy (non-hydrogen) atoms. The van der Waals surface area contributed by atoms with Gasteiger partial charge in [-0.1, -0.05) is 54.6 Å². The maximum atomic E-state index is 12.6. The summed E-state index contributed by atoms with van der Waals surface area (Å²) in [7, 11) is 1.79. The maximum absolute atomic E-state index is 12.6. The molecule has 1 heterocycles. The highest BCUT2D eigenvalue weighted by atomic mass is 19.4. The van der Waals surface area contributed by atoms with Crippen molar-refractivity contribution < 1.29 is 18.0 Å². The smallest absolute Gasteiger partial charge is 0.332 e. The molecule has 3 rings (SSSR count). The lowest BCUT2D eigenvalue weighted by molar-refractivity contribution is -0.159. The monoisotopic (exact) mass is 362 g/mol. The normalized spacial score (nSPS) is 18.0. The molecule has 0 aromatic heterocycles. The Kier molecular flexibility index (Phi) is 5.32. The molecule has 6 heteroatoms. The Morgan fingerprint density at radius 2 is 1.73 bits per heavy atom. The van der Waals surface area contributed by atoms with E-state index in [4.69, 9.17) is 0 Å². The highest BCUT2D eigenvalue weighted by Crippen LogP contribution is 2.27. The van der Waals surface area contributed by atoms with E-state index in [0.717, 1.165) is 21.6 Å². The van der Waals surface area contributed by atoms with Crippen LogP contribution in [-0.2, 0) is 11.3 Å². The van der Waals surface area contributed by atoms with Gasteiger partial charge in [0.1, 0.15) is 6.54 Å². The van der Waals surface area contributed by atoms with Crippen LogP contribution in [0.25, 0.3) is 11.1 Å². The van der Waals surface area contributed by atoms with E-state index in [0.29, 0.717) is 13.0 Å². The quantitative estimate of drug-likeness (QED) is 0.804. The highest BCUT2D eigenvalue weighted by molar-refractivity contribution is 5.84. The van der Waals surface area contributed by atoms with Gasteiger partial charge in [0.25, 0.3) is 0 Å². The van der Waals surface area contributed by atoms with Gasteiger partial charge in [-0.25, -0.2) is 0 Å². The predicted molar refractivity (Wildman–Crippen MR) is 94.4 cm³/mol. The van der Waals surface area contributed by atoms with Crippen molar-refractivity contribution in [3.63, 3.8) is 0 Å². The molecular formula is C20H21F3N2O. The molecule has 2 aromatic rings. The molecule has 1 saturated heterocycles. The molecule has 1 aliphatic heterocycles. The van der Waals surface area contributed by atoms with Crippen LogP contribution < -0.4 is 0 Å². The van der Waals surface area contributed by atoms with Crippen LogP contribution in [0.3, 0.4) is 0 Å². The molecule has 0 aliphatic carbocycles. The van der Waals surface area contributed by atoms with E-state index in [1.807, 2.05) is 59.5 Å². The Hall–Kier alpha value is -2.34. The number of nitrogens with zero attached hydrogens (tertiary/aromatic N) is 2. The SMILES string of the molecule is CN(Cc1ccccc1-c1ccccc1)C1CCN(CC(F)(F)F)C1=O. The molecule has 0 N–H and O–H groups in total. The zero-order valence-electron chi connectivity index (χ0n) is 14.5. The Morgan fingerprint density at radius 1 is 1.08 bits per heavy atom. The highest BCUT2D eigenvalue weighted by Gasteiger charge is 2.40. The second-order valence-corrected chi connectivity index (χ2v) is 6.62. The van der Waals surface area contributed by atoms with E-state index in [1.54, 1.807) is 7.05 Å². The number of alkyl halides is 3. The van der Waals surface area contributed by atoms with E-state index < -0.39 is 24.7 Å².